The number of hydrogen-bond acceptors (Lipinski definition) is 3. The number of methoxy groups -OCH3 is 2. The summed E-state index contributed by atoms with van der Waals surface area (Å²) in [6, 6.07) is 7.31. The first-order valence-electron chi connectivity index (χ1n) is 13.9. The first-order valence-corrected chi connectivity index (χ1v) is 13.9. The summed E-state index contributed by atoms with van der Waals surface area (Å²) < 4.78 is 91.8. The van der Waals surface area contributed by atoms with E-state index in [0.717, 1.165) is 40.7 Å². The predicted octanol–water partition coefficient (Wildman–Crippen LogP) is 9.72. The summed E-state index contributed by atoms with van der Waals surface area (Å²) >= 11 is 0. The van der Waals surface area contributed by atoms with Crippen LogP contribution in [0.3, 0.4) is 0 Å². The van der Waals surface area contributed by atoms with Crippen LogP contribution in [0, 0.1) is 11.3 Å². The van der Waals surface area contributed by atoms with Gasteiger partial charge in [-0.2, -0.15) is 26.3 Å². The molecule has 10 heteroatoms. The minimum atomic E-state index is -5.00. The van der Waals surface area contributed by atoms with Crippen LogP contribution in [0.4, 0.5) is 31.1 Å². The number of rotatable bonds is 7. The highest BCUT2D eigenvalue weighted by atomic mass is 19.4. The molecular weight excluding hydrogens is 560 g/mol. The van der Waals surface area contributed by atoms with Gasteiger partial charge in [0.05, 0.1) is 25.3 Å². The Bertz CT molecular complexity index is 1270. The lowest BCUT2D eigenvalue weighted by atomic mass is 9.69. The van der Waals surface area contributed by atoms with Crippen molar-refractivity contribution in [3.8, 4) is 5.75 Å². The molecule has 1 aliphatic rings. The van der Waals surface area contributed by atoms with Gasteiger partial charge in [0.25, 0.3) is 0 Å². The lowest BCUT2D eigenvalue weighted by molar-refractivity contribution is -0.143. The van der Waals surface area contributed by atoms with Crippen molar-refractivity contribution in [3.63, 3.8) is 0 Å². The number of hydrogen-bond donors (Lipinski definition) is 0. The molecule has 0 heterocycles. The fourth-order valence-corrected chi connectivity index (χ4v) is 5.44. The van der Waals surface area contributed by atoms with Gasteiger partial charge in [-0.1, -0.05) is 40.7 Å². The van der Waals surface area contributed by atoms with Crippen LogP contribution in [0.25, 0.3) is 5.57 Å². The van der Waals surface area contributed by atoms with E-state index < -0.39 is 36.1 Å². The number of carbonyl (C=O) groups excluding carboxylic acids is 1. The number of benzene rings is 2. The van der Waals surface area contributed by atoms with Gasteiger partial charge in [0.15, 0.2) is 0 Å². The van der Waals surface area contributed by atoms with Gasteiger partial charge in [-0.05, 0) is 89.1 Å². The Morgan fingerprint density at radius 1 is 0.929 bits per heavy atom. The molecule has 0 saturated carbocycles. The normalized spacial score (nSPS) is 16.6. The first kappa shape index (κ1) is 33.3. The van der Waals surface area contributed by atoms with Gasteiger partial charge < -0.3 is 9.47 Å². The molecule has 0 radical (unpaired) electrons. The van der Waals surface area contributed by atoms with Crippen LogP contribution in [-0.4, -0.2) is 31.8 Å². The summed E-state index contributed by atoms with van der Waals surface area (Å²) in [5, 5.41) is 0. The van der Waals surface area contributed by atoms with Gasteiger partial charge in [-0.15, -0.1) is 0 Å². The number of carbonyl (C=O) groups is 1. The highest BCUT2D eigenvalue weighted by molar-refractivity contribution is 5.76. The molecule has 0 saturated heterocycles. The van der Waals surface area contributed by atoms with Crippen LogP contribution >= 0.6 is 0 Å². The molecule has 1 aliphatic carbocycles. The average Bonchev–Trinajstić information content (AvgIpc) is 2.90. The smallest absolute Gasteiger partial charge is 0.416 e. The Balaban J connectivity index is 2.15. The summed E-state index contributed by atoms with van der Waals surface area (Å²) in [6.07, 6.45) is -8.71. The molecular formula is C32H39F6NO3. The maximum absolute atomic E-state index is 13.5. The zero-order valence-corrected chi connectivity index (χ0v) is 25.1. The number of ether oxygens (including phenoxy) is 2. The van der Waals surface area contributed by atoms with Gasteiger partial charge in [-0.3, -0.25) is 4.90 Å². The third-order valence-corrected chi connectivity index (χ3v) is 7.94. The summed E-state index contributed by atoms with van der Waals surface area (Å²) in [5.41, 5.74) is 0.554. The molecule has 42 heavy (non-hydrogen) atoms. The zero-order chi connectivity index (χ0) is 31.6. The van der Waals surface area contributed by atoms with E-state index in [0.29, 0.717) is 30.7 Å². The molecule has 0 aromatic heterocycles. The largest absolute Gasteiger partial charge is 0.496 e. The van der Waals surface area contributed by atoms with Gasteiger partial charge in [0.2, 0.25) is 0 Å². The summed E-state index contributed by atoms with van der Waals surface area (Å²) in [6.45, 7) is 9.99. The molecule has 3 rings (SSSR count). The first-order chi connectivity index (χ1) is 19.3. The topological polar surface area (TPSA) is 38.8 Å². The van der Waals surface area contributed by atoms with Crippen molar-refractivity contribution in [3.05, 3.63) is 69.8 Å². The number of amides is 1. The molecule has 4 nitrogen and oxygen atoms in total. The third-order valence-electron chi connectivity index (χ3n) is 7.94. The van der Waals surface area contributed by atoms with Crippen molar-refractivity contribution in [2.75, 3.05) is 20.8 Å². The van der Waals surface area contributed by atoms with Gasteiger partial charge >= 0.3 is 18.4 Å². The Morgan fingerprint density at radius 3 is 2.00 bits per heavy atom. The monoisotopic (exact) mass is 599 g/mol. The minimum absolute atomic E-state index is 0.0265. The average molecular weight is 600 g/mol. The van der Waals surface area contributed by atoms with E-state index in [1.807, 2.05) is 12.1 Å². The zero-order valence-electron chi connectivity index (χ0n) is 25.1. The van der Waals surface area contributed by atoms with E-state index in [-0.39, 0.29) is 35.4 Å². The molecule has 1 amide bonds. The Morgan fingerprint density at radius 2 is 1.52 bits per heavy atom. The third kappa shape index (κ3) is 8.01. The quantitative estimate of drug-likeness (QED) is 0.298. The fraction of sp³-hybridized carbons (Fsp3) is 0.531. The maximum Gasteiger partial charge on any atom is 0.416 e. The molecule has 0 fully saturated rings. The van der Waals surface area contributed by atoms with E-state index in [4.69, 9.17) is 9.47 Å². The summed E-state index contributed by atoms with van der Waals surface area (Å²) in [4.78, 5) is 14.1. The van der Waals surface area contributed by atoms with Crippen LogP contribution < -0.4 is 4.74 Å². The predicted molar refractivity (Wildman–Crippen MR) is 150 cm³/mol. The van der Waals surface area contributed by atoms with E-state index in [2.05, 4.69) is 40.7 Å². The van der Waals surface area contributed by atoms with Crippen LogP contribution in [0.1, 0.15) is 87.6 Å². The second-order valence-electron chi connectivity index (χ2n) is 12.2. The van der Waals surface area contributed by atoms with Crippen molar-refractivity contribution in [2.45, 2.75) is 78.7 Å². The van der Waals surface area contributed by atoms with Crippen LogP contribution in [0.5, 0.6) is 5.75 Å². The summed E-state index contributed by atoms with van der Waals surface area (Å²) in [7, 11) is 2.70. The second kappa shape index (κ2) is 12.6. The molecule has 0 aliphatic heterocycles. The minimum Gasteiger partial charge on any atom is -0.496 e. The van der Waals surface area contributed by atoms with E-state index in [1.54, 1.807) is 7.11 Å². The lowest BCUT2D eigenvalue weighted by Gasteiger charge is -2.38. The molecule has 1 unspecified atom stereocenters. The summed E-state index contributed by atoms with van der Waals surface area (Å²) in [5.74, 6) is 1.12. The Kier molecular flexibility index (Phi) is 10.00. The molecule has 0 N–H and O–H groups in total. The second-order valence-corrected chi connectivity index (χ2v) is 12.2. The van der Waals surface area contributed by atoms with Crippen LogP contribution in [0.15, 0.2) is 42.0 Å². The van der Waals surface area contributed by atoms with Gasteiger partial charge in [0, 0.05) is 18.7 Å². The van der Waals surface area contributed by atoms with Crippen molar-refractivity contribution >= 4 is 11.7 Å². The van der Waals surface area contributed by atoms with Crippen molar-refractivity contribution < 1.29 is 40.6 Å². The van der Waals surface area contributed by atoms with E-state index in [1.165, 1.54) is 0 Å². The standard InChI is InChI=1S/C32H39F6NO3/c1-19(2)21-8-11-28(41-6)27(15-21)26-10-9-23(30(3,4)5)14-22(26)18-39(29(40)42-7)17-20-12-24(31(33,34)35)16-25(13-20)32(36,37)38/h8,11-13,15-16,19,23H,9-10,14,17-18H2,1-7H3. The number of nitrogens with zero attached hydrogens (tertiary/aromatic N) is 1. The number of allylic oxidation sites excluding steroid dienone is 1. The van der Waals surface area contributed by atoms with Crippen LogP contribution in [0.2, 0.25) is 0 Å². The van der Waals surface area contributed by atoms with Crippen LogP contribution in [-0.2, 0) is 23.6 Å². The highest BCUT2D eigenvalue weighted by Gasteiger charge is 2.38. The van der Waals surface area contributed by atoms with Crippen molar-refractivity contribution in [2.24, 2.45) is 11.3 Å². The molecule has 2 aromatic carbocycles. The molecule has 232 valence electrons. The van der Waals surface area contributed by atoms with E-state index >= 15 is 0 Å². The molecule has 0 bridgehead atoms. The van der Waals surface area contributed by atoms with Gasteiger partial charge in [-0.25, -0.2) is 4.79 Å². The highest BCUT2D eigenvalue weighted by Crippen LogP contribution is 2.46. The maximum atomic E-state index is 13.5. The van der Waals surface area contributed by atoms with Crippen molar-refractivity contribution in [1.82, 2.24) is 4.90 Å². The Hall–Kier alpha value is -3.17. The SMILES string of the molecule is COC(=O)N(CC1=C(c2cc(C(C)C)ccc2OC)CCC(C(C)(C)C)C1)Cc1cc(C(F)(F)F)cc(C(F)(F)F)c1. The Labute approximate surface area is 243 Å². The van der Waals surface area contributed by atoms with Gasteiger partial charge in [0.1, 0.15) is 5.75 Å². The number of alkyl halides is 6. The molecule has 0 spiro atoms. The van der Waals surface area contributed by atoms with E-state index in [9.17, 15) is 31.1 Å². The van der Waals surface area contributed by atoms with Crippen molar-refractivity contribution in [1.29, 1.82) is 0 Å². The fourth-order valence-electron chi connectivity index (χ4n) is 5.44. The lowest BCUT2D eigenvalue weighted by Crippen LogP contribution is -2.35. The number of halogens is 6. The molecule has 2 aromatic rings. The molecule has 1 atom stereocenters.